The first-order valence-electron chi connectivity index (χ1n) is 8.34. The van der Waals surface area contributed by atoms with Gasteiger partial charge in [-0.2, -0.15) is 0 Å². The summed E-state index contributed by atoms with van der Waals surface area (Å²) in [4.78, 5) is 38.0. The maximum Gasteiger partial charge on any atom is 0.325 e. The lowest BCUT2D eigenvalue weighted by atomic mass is 9.73. The number of hydrogen-bond acceptors (Lipinski definition) is 3. The first-order chi connectivity index (χ1) is 10.4. The number of nitrogens with one attached hydrogen (secondary N) is 2. The first-order valence-corrected chi connectivity index (χ1v) is 8.34. The van der Waals surface area contributed by atoms with Gasteiger partial charge in [0, 0.05) is 6.04 Å². The maximum absolute atomic E-state index is 12.7. The van der Waals surface area contributed by atoms with E-state index < -0.39 is 11.6 Å². The SMILES string of the molecule is CCCC(C)NC(=O)CN1C(=O)NC2(CCCCC2C)C1=O. The van der Waals surface area contributed by atoms with Gasteiger partial charge in [0.05, 0.1) is 0 Å². The minimum Gasteiger partial charge on any atom is -0.352 e. The van der Waals surface area contributed by atoms with Gasteiger partial charge < -0.3 is 10.6 Å². The number of amides is 4. The van der Waals surface area contributed by atoms with Crippen LogP contribution in [-0.2, 0) is 9.59 Å². The fourth-order valence-electron chi connectivity index (χ4n) is 3.61. The normalized spacial score (nSPS) is 29.6. The standard InChI is InChI=1S/C16H27N3O3/c1-4-7-12(3)17-13(20)10-19-14(21)16(18-15(19)22)9-6-5-8-11(16)2/h11-12H,4-10H2,1-3H3,(H,17,20)(H,18,22). The molecule has 3 atom stereocenters. The lowest BCUT2D eigenvalue weighted by Crippen LogP contribution is -2.54. The van der Waals surface area contributed by atoms with E-state index in [4.69, 9.17) is 0 Å². The highest BCUT2D eigenvalue weighted by atomic mass is 16.2. The summed E-state index contributed by atoms with van der Waals surface area (Å²) in [7, 11) is 0. The molecule has 6 heteroatoms. The summed E-state index contributed by atoms with van der Waals surface area (Å²) in [5.74, 6) is -0.391. The molecule has 2 fully saturated rings. The molecule has 0 bridgehead atoms. The number of imide groups is 1. The molecule has 1 saturated heterocycles. The molecule has 0 aromatic carbocycles. The van der Waals surface area contributed by atoms with Gasteiger partial charge in [-0.05, 0) is 32.1 Å². The van der Waals surface area contributed by atoms with Gasteiger partial charge in [0.15, 0.2) is 0 Å². The molecule has 1 aliphatic heterocycles. The zero-order valence-electron chi connectivity index (χ0n) is 13.8. The second-order valence-electron chi connectivity index (χ2n) is 6.70. The van der Waals surface area contributed by atoms with Crippen LogP contribution in [0.3, 0.4) is 0 Å². The van der Waals surface area contributed by atoms with Crippen LogP contribution in [0.1, 0.15) is 59.3 Å². The summed E-state index contributed by atoms with van der Waals surface area (Å²) in [5.41, 5.74) is -0.787. The number of rotatable bonds is 5. The zero-order chi connectivity index (χ0) is 16.3. The van der Waals surface area contributed by atoms with E-state index in [2.05, 4.69) is 10.6 Å². The molecule has 1 aliphatic carbocycles. The van der Waals surface area contributed by atoms with Crippen molar-refractivity contribution in [1.82, 2.24) is 15.5 Å². The maximum atomic E-state index is 12.7. The van der Waals surface area contributed by atoms with Crippen molar-refractivity contribution in [2.24, 2.45) is 5.92 Å². The van der Waals surface area contributed by atoms with Crippen LogP contribution >= 0.6 is 0 Å². The molecule has 0 aromatic rings. The van der Waals surface area contributed by atoms with Crippen LogP contribution in [0.2, 0.25) is 0 Å². The fraction of sp³-hybridized carbons (Fsp3) is 0.812. The molecule has 22 heavy (non-hydrogen) atoms. The Morgan fingerprint density at radius 2 is 2.18 bits per heavy atom. The highest BCUT2D eigenvalue weighted by Crippen LogP contribution is 2.38. The predicted molar refractivity (Wildman–Crippen MR) is 83.1 cm³/mol. The van der Waals surface area contributed by atoms with E-state index in [0.29, 0.717) is 6.42 Å². The summed E-state index contributed by atoms with van der Waals surface area (Å²) in [6.07, 6.45) is 5.48. The number of hydrogen-bond donors (Lipinski definition) is 2. The van der Waals surface area contributed by atoms with Crippen LogP contribution in [0, 0.1) is 5.92 Å². The molecule has 2 N–H and O–H groups in total. The van der Waals surface area contributed by atoms with Crippen molar-refractivity contribution in [2.45, 2.75) is 70.9 Å². The lowest BCUT2D eigenvalue weighted by Gasteiger charge is -2.36. The Morgan fingerprint density at radius 3 is 2.82 bits per heavy atom. The Balaban J connectivity index is 2.02. The van der Waals surface area contributed by atoms with Crippen LogP contribution < -0.4 is 10.6 Å². The van der Waals surface area contributed by atoms with Gasteiger partial charge in [0.2, 0.25) is 5.91 Å². The van der Waals surface area contributed by atoms with Crippen LogP contribution in [-0.4, -0.2) is 40.9 Å². The van der Waals surface area contributed by atoms with Gasteiger partial charge >= 0.3 is 6.03 Å². The number of carbonyl (C=O) groups excluding carboxylic acids is 3. The topological polar surface area (TPSA) is 78.5 Å². The third kappa shape index (κ3) is 3.10. The summed E-state index contributed by atoms with van der Waals surface area (Å²) in [6, 6.07) is -0.377. The van der Waals surface area contributed by atoms with Crippen molar-refractivity contribution in [3.8, 4) is 0 Å². The number of nitrogens with zero attached hydrogens (tertiary/aromatic N) is 1. The number of carbonyl (C=O) groups is 3. The summed E-state index contributed by atoms with van der Waals surface area (Å²) in [5, 5.41) is 5.70. The van der Waals surface area contributed by atoms with Gasteiger partial charge in [-0.25, -0.2) is 4.79 Å². The lowest BCUT2D eigenvalue weighted by molar-refractivity contribution is -0.137. The van der Waals surface area contributed by atoms with Crippen molar-refractivity contribution in [1.29, 1.82) is 0 Å². The van der Waals surface area contributed by atoms with Crippen molar-refractivity contribution < 1.29 is 14.4 Å². The van der Waals surface area contributed by atoms with Gasteiger partial charge in [-0.3, -0.25) is 14.5 Å². The second-order valence-corrected chi connectivity index (χ2v) is 6.70. The monoisotopic (exact) mass is 309 g/mol. The van der Waals surface area contributed by atoms with E-state index in [-0.39, 0.29) is 30.3 Å². The second kappa shape index (κ2) is 6.67. The minimum absolute atomic E-state index is 0.0563. The van der Waals surface area contributed by atoms with Crippen molar-refractivity contribution >= 4 is 17.8 Å². The molecular formula is C16H27N3O3. The Kier molecular flexibility index (Phi) is 5.08. The van der Waals surface area contributed by atoms with Crippen molar-refractivity contribution in [3.63, 3.8) is 0 Å². The van der Waals surface area contributed by atoms with E-state index in [1.807, 2.05) is 20.8 Å². The molecular weight excluding hydrogens is 282 g/mol. The smallest absolute Gasteiger partial charge is 0.325 e. The third-order valence-electron chi connectivity index (χ3n) is 4.93. The molecule has 3 unspecified atom stereocenters. The minimum atomic E-state index is -0.787. The van der Waals surface area contributed by atoms with Crippen LogP contribution in [0.4, 0.5) is 4.79 Å². The van der Waals surface area contributed by atoms with Crippen LogP contribution in [0.5, 0.6) is 0 Å². The van der Waals surface area contributed by atoms with E-state index in [0.717, 1.165) is 37.0 Å². The van der Waals surface area contributed by atoms with Gasteiger partial charge in [0.25, 0.3) is 5.91 Å². The van der Waals surface area contributed by atoms with Crippen molar-refractivity contribution in [2.75, 3.05) is 6.54 Å². The molecule has 0 aromatic heterocycles. The molecule has 4 amide bonds. The van der Waals surface area contributed by atoms with Crippen LogP contribution in [0.15, 0.2) is 0 Å². The average Bonchev–Trinajstić information content (AvgIpc) is 2.68. The summed E-state index contributed by atoms with van der Waals surface area (Å²) in [6.45, 7) is 5.80. The van der Waals surface area contributed by atoms with Crippen LogP contribution in [0.25, 0.3) is 0 Å². The molecule has 6 nitrogen and oxygen atoms in total. The predicted octanol–water partition coefficient (Wildman–Crippen LogP) is 1.79. The first kappa shape index (κ1) is 16.8. The molecule has 2 aliphatic rings. The summed E-state index contributed by atoms with van der Waals surface area (Å²) >= 11 is 0. The fourth-order valence-corrected chi connectivity index (χ4v) is 3.61. The molecule has 1 heterocycles. The number of urea groups is 1. The van der Waals surface area contributed by atoms with E-state index in [9.17, 15) is 14.4 Å². The Morgan fingerprint density at radius 1 is 1.45 bits per heavy atom. The van der Waals surface area contributed by atoms with Gasteiger partial charge in [0.1, 0.15) is 12.1 Å². The Bertz CT molecular complexity index is 466. The Labute approximate surface area is 132 Å². The highest BCUT2D eigenvalue weighted by molar-refractivity contribution is 6.09. The van der Waals surface area contributed by atoms with E-state index >= 15 is 0 Å². The van der Waals surface area contributed by atoms with Crippen molar-refractivity contribution in [3.05, 3.63) is 0 Å². The Hall–Kier alpha value is -1.59. The third-order valence-corrected chi connectivity index (χ3v) is 4.93. The molecule has 0 radical (unpaired) electrons. The zero-order valence-corrected chi connectivity index (χ0v) is 13.8. The molecule has 1 saturated carbocycles. The average molecular weight is 309 g/mol. The van der Waals surface area contributed by atoms with E-state index in [1.165, 1.54) is 0 Å². The highest BCUT2D eigenvalue weighted by Gasteiger charge is 2.55. The summed E-state index contributed by atoms with van der Waals surface area (Å²) < 4.78 is 0. The largest absolute Gasteiger partial charge is 0.352 e. The molecule has 1 spiro atoms. The van der Waals surface area contributed by atoms with E-state index in [1.54, 1.807) is 0 Å². The molecule has 124 valence electrons. The molecule has 2 rings (SSSR count). The van der Waals surface area contributed by atoms with Gasteiger partial charge in [-0.1, -0.05) is 33.1 Å². The quantitative estimate of drug-likeness (QED) is 0.760. The van der Waals surface area contributed by atoms with Gasteiger partial charge in [-0.15, -0.1) is 0 Å².